The van der Waals surface area contributed by atoms with Crippen molar-refractivity contribution in [3.63, 3.8) is 0 Å². The maximum Gasteiger partial charge on any atom is 0.338 e. The van der Waals surface area contributed by atoms with Crippen LogP contribution in [0.4, 0.5) is 0 Å². The molecule has 120 valence electrons. The van der Waals surface area contributed by atoms with Crippen LogP contribution in [0, 0.1) is 11.3 Å². The second-order valence-electron chi connectivity index (χ2n) is 5.19. The van der Waals surface area contributed by atoms with Crippen LogP contribution >= 0.6 is 0 Å². The summed E-state index contributed by atoms with van der Waals surface area (Å²) < 4.78 is 18.5. The fourth-order valence-electron chi connectivity index (χ4n) is 2.43. The Labute approximate surface area is 141 Å². The molecule has 0 aliphatic heterocycles. The van der Waals surface area contributed by atoms with Gasteiger partial charge in [-0.1, -0.05) is 6.07 Å². The van der Waals surface area contributed by atoms with E-state index in [0.29, 0.717) is 21.6 Å². The van der Waals surface area contributed by atoms with Gasteiger partial charge in [0.25, 0.3) is 0 Å². The molecule has 5 nitrogen and oxygen atoms in total. The number of fused-ring (bicyclic) bond motifs is 1. The molecule has 1 atom stereocenters. The number of nitrogens with zero attached hydrogens (tertiary/aromatic N) is 2. The van der Waals surface area contributed by atoms with Crippen molar-refractivity contribution >= 4 is 22.3 Å². The standard InChI is InChI=1S/C18H14N2O3S/c1-24(22)15-7-5-13(6-8-15)18(21)23-12-14-11-20-9-3-2-4-17(20)16(14)10-19/h2-9,11H,12H2,1H3. The molecule has 0 bridgehead atoms. The lowest BCUT2D eigenvalue weighted by molar-refractivity contribution is 0.0472. The van der Waals surface area contributed by atoms with Crippen molar-refractivity contribution in [1.82, 2.24) is 4.40 Å². The number of carbonyl (C=O) groups excluding carboxylic acids is 1. The first-order chi connectivity index (χ1) is 11.6. The smallest absolute Gasteiger partial charge is 0.338 e. The van der Waals surface area contributed by atoms with E-state index in [-0.39, 0.29) is 6.61 Å². The number of aromatic nitrogens is 1. The topological polar surface area (TPSA) is 71.6 Å². The van der Waals surface area contributed by atoms with Crippen LogP contribution in [-0.2, 0) is 22.1 Å². The van der Waals surface area contributed by atoms with Gasteiger partial charge in [-0.25, -0.2) is 4.79 Å². The maximum absolute atomic E-state index is 12.1. The summed E-state index contributed by atoms with van der Waals surface area (Å²) in [5, 5.41) is 9.34. The minimum atomic E-state index is -1.09. The van der Waals surface area contributed by atoms with Gasteiger partial charge in [-0.05, 0) is 36.4 Å². The van der Waals surface area contributed by atoms with E-state index in [1.165, 1.54) is 0 Å². The number of esters is 1. The number of ether oxygens (including phenoxy) is 1. The van der Waals surface area contributed by atoms with E-state index < -0.39 is 16.8 Å². The molecule has 6 heteroatoms. The highest BCUT2D eigenvalue weighted by atomic mass is 32.2. The molecular formula is C18H14N2O3S. The lowest BCUT2D eigenvalue weighted by Gasteiger charge is -2.04. The highest BCUT2D eigenvalue weighted by molar-refractivity contribution is 7.84. The second kappa shape index (κ2) is 6.69. The quantitative estimate of drug-likeness (QED) is 0.686. The van der Waals surface area contributed by atoms with Gasteiger partial charge in [-0.3, -0.25) is 4.21 Å². The van der Waals surface area contributed by atoms with Crippen LogP contribution in [0.25, 0.3) is 5.52 Å². The minimum Gasteiger partial charge on any atom is -0.457 e. The normalized spacial score (nSPS) is 11.8. The molecule has 0 saturated heterocycles. The molecule has 0 N–H and O–H groups in total. The van der Waals surface area contributed by atoms with Gasteiger partial charge >= 0.3 is 5.97 Å². The molecular weight excluding hydrogens is 324 g/mol. The van der Waals surface area contributed by atoms with Crippen molar-refractivity contribution in [3.05, 3.63) is 71.5 Å². The Kier molecular flexibility index (Phi) is 4.45. The van der Waals surface area contributed by atoms with Gasteiger partial charge in [-0.2, -0.15) is 5.26 Å². The summed E-state index contributed by atoms with van der Waals surface area (Å²) in [4.78, 5) is 12.8. The van der Waals surface area contributed by atoms with Crippen LogP contribution in [0.2, 0.25) is 0 Å². The molecule has 2 heterocycles. The minimum absolute atomic E-state index is 0.0187. The molecule has 3 rings (SSSR count). The van der Waals surface area contributed by atoms with Crippen LogP contribution in [0.5, 0.6) is 0 Å². The van der Waals surface area contributed by atoms with Crippen LogP contribution in [0.1, 0.15) is 21.5 Å². The first kappa shape index (κ1) is 16.0. The van der Waals surface area contributed by atoms with Gasteiger partial charge in [0.15, 0.2) is 0 Å². The van der Waals surface area contributed by atoms with Gasteiger partial charge in [0.1, 0.15) is 12.7 Å². The predicted octanol–water partition coefficient (Wildman–Crippen LogP) is 2.91. The Morgan fingerprint density at radius 3 is 2.67 bits per heavy atom. The summed E-state index contributed by atoms with van der Waals surface area (Å²) in [6.07, 6.45) is 5.20. The number of benzene rings is 1. The molecule has 0 aliphatic carbocycles. The monoisotopic (exact) mass is 338 g/mol. The lowest BCUT2D eigenvalue weighted by Crippen LogP contribution is -2.05. The summed E-state index contributed by atoms with van der Waals surface area (Å²) in [7, 11) is -1.09. The molecule has 0 spiro atoms. The Hall–Kier alpha value is -2.91. The number of pyridine rings is 1. The Balaban J connectivity index is 1.77. The highest BCUT2D eigenvalue weighted by Crippen LogP contribution is 2.19. The first-order valence-electron chi connectivity index (χ1n) is 7.19. The Bertz CT molecular complexity index is 968. The third-order valence-corrected chi connectivity index (χ3v) is 4.59. The van der Waals surface area contributed by atoms with Crippen LogP contribution in [0.15, 0.2) is 59.8 Å². The first-order valence-corrected chi connectivity index (χ1v) is 8.75. The summed E-state index contributed by atoms with van der Waals surface area (Å²) in [6.45, 7) is 0.0187. The largest absolute Gasteiger partial charge is 0.457 e. The van der Waals surface area contributed by atoms with Gasteiger partial charge in [0, 0.05) is 39.9 Å². The third-order valence-electron chi connectivity index (χ3n) is 3.65. The number of carbonyl (C=O) groups is 1. The van der Waals surface area contributed by atoms with Crippen molar-refractivity contribution in [2.75, 3.05) is 6.26 Å². The summed E-state index contributed by atoms with van der Waals surface area (Å²) in [5.41, 5.74) is 2.32. The molecule has 0 fully saturated rings. The fourth-order valence-corrected chi connectivity index (χ4v) is 2.94. The maximum atomic E-state index is 12.1. The van der Waals surface area contributed by atoms with E-state index >= 15 is 0 Å². The molecule has 24 heavy (non-hydrogen) atoms. The average Bonchev–Trinajstić information content (AvgIpc) is 2.97. The summed E-state index contributed by atoms with van der Waals surface area (Å²) >= 11 is 0. The van der Waals surface area contributed by atoms with E-state index in [1.54, 1.807) is 36.7 Å². The van der Waals surface area contributed by atoms with Crippen LogP contribution in [-0.4, -0.2) is 20.8 Å². The van der Waals surface area contributed by atoms with Crippen molar-refractivity contribution in [2.45, 2.75) is 11.5 Å². The molecule has 1 unspecified atom stereocenters. The lowest BCUT2D eigenvalue weighted by atomic mass is 10.2. The zero-order valence-electron chi connectivity index (χ0n) is 12.9. The molecule has 0 saturated carbocycles. The van der Waals surface area contributed by atoms with Crippen molar-refractivity contribution in [2.24, 2.45) is 0 Å². The van der Waals surface area contributed by atoms with Crippen LogP contribution < -0.4 is 0 Å². The highest BCUT2D eigenvalue weighted by Gasteiger charge is 2.13. The average molecular weight is 338 g/mol. The Morgan fingerprint density at radius 2 is 2.00 bits per heavy atom. The van der Waals surface area contributed by atoms with Gasteiger partial charge in [0.05, 0.1) is 16.6 Å². The van der Waals surface area contributed by atoms with Gasteiger partial charge in [-0.15, -0.1) is 0 Å². The fraction of sp³-hybridized carbons (Fsp3) is 0.111. The van der Waals surface area contributed by atoms with Gasteiger partial charge in [0.2, 0.25) is 0 Å². The number of hydrogen-bond acceptors (Lipinski definition) is 4. The molecule has 0 aliphatic rings. The van der Waals surface area contributed by atoms with Crippen molar-refractivity contribution in [1.29, 1.82) is 5.26 Å². The predicted molar refractivity (Wildman–Crippen MR) is 90.0 cm³/mol. The molecule has 0 radical (unpaired) electrons. The number of hydrogen-bond donors (Lipinski definition) is 0. The SMILES string of the molecule is CS(=O)c1ccc(C(=O)OCc2cn3ccccc3c2C#N)cc1. The number of nitriles is 1. The zero-order valence-corrected chi connectivity index (χ0v) is 13.7. The Morgan fingerprint density at radius 1 is 1.25 bits per heavy atom. The molecule has 3 aromatic rings. The van der Waals surface area contributed by atoms with E-state index in [0.717, 1.165) is 5.52 Å². The zero-order chi connectivity index (χ0) is 17.1. The molecule has 0 amide bonds. The van der Waals surface area contributed by atoms with E-state index in [9.17, 15) is 14.3 Å². The van der Waals surface area contributed by atoms with Crippen molar-refractivity contribution < 1.29 is 13.7 Å². The van der Waals surface area contributed by atoms with E-state index in [1.807, 2.05) is 28.8 Å². The van der Waals surface area contributed by atoms with E-state index in [4.69, 9.17) is 4.74 Å². The number of rotatable bonds is 4. The van der Waals surface area contributed by atoms with Gasteiger partial charge < -0.3 is 9.14 Å². The molecule has 2 aromatic heterocycles. The molecule has 1 aromatic carbocycles. The second-order valence-corrected chi connectivity index (χ2v) is 6.57. The van der Waals surface area contributed by atoms with Crippen molar-refractivity contribution in [3.8, 4) is 6.07 Å². The van der Waals surface area contributed by atoms with Crippen LogP contribution in [0.3, 0.4) is 0 Å². The summed E-state index contributed by atoms with van der Waals surface area (Å²) in [5.74, 6) is -0.484. The summed E-state index contributed by atoms with van der Waals surface area (Å²) in [6, 6.07) is 14.2. The van der Waals surface area contributed by atoms with E-state index in [2.05, 4.69) is 6.07 Å². The third kappa shape index (κ3) is 3.07.